The molecule has 0 saturated heterocycles. The van der Waals surface area contributed by atoms with E-state index in [1.54, 1.807) is 0 Å². The molecule has 4 aromatic rings. The van der Waals surface area contributed by atoms with Crippen LogP contribution in [0.15, 0.2) is 18.2 Å². The lowest BCUT2D eigenvalue weighted by Crippen LogP contribution is -2.16. The van der Waals surface area contributed by atoms with Crippen molar-refractivity contribution in [3.63, 3.8) is 0 Å². The molecule has 1 heterocycles. The van der Waals surface area contributed by atoms with Crippen LogP contribution in [-0.4, -0.2) is 30.3 Å². The van der Waals surface area contributed by atoms with E-state index < -0.39 is 0 Å². The van der Waals surface area contributed by atoms with Crippen molar-refractivity contribution in [2.75, 3.05) is 0 Å². The molecule has 0 aliphatic carbocycles. The quantitative estimate of drug-likeness (QED) is 0.192. The number of rotatable bonds is 6. The third-order valence-electron chi connectivity index (χ3n) is 9.90. The molecule has 0 atom stereocenters. The Hall–Kier alpha value is -3.93. The van der Waals surface area contributed by atoms with Crippen molar-refractivity contribution in [1.29, 1.82) is 0 Å². The van der Waals surface area contributed by atoms with E-state index in [0.29, 0.717) is 54.0 Å². The molecule has 6 nitrogen and oxygen atoms in total. The van der Waals surface area contributed by atoms with Gasteiger partial charge in [-0.3, -0.25) is 0 Å². The molecular weight excluding hydrogens is 594 g/mol. The summed E-state index contributed by atoms with van der Waals surface area (Å²) in [6, 6.07) is 6.25. The minimum atomic E-state index is -0.195. The van der Waals surface area contributed by atoms with E-state index in [9.17, 15) is 15.3 Å². The maximum Gasteiger partial charge on any atom is 0.137 e. The molecule has 3 aromatic carbocycles. The Labute approximate surface area is 288 Å². The van der Waals surface area contributed by atoms with Crippen LogP contribution >= 0.6 is 0 Å². The smallest absolute Gasteiger partial charge is 0.137 e. The molecule has 3 N–H and O–H groups in total. The monoisotopic (exact) mass is 651 g/mol. The summed E-state index contributed by atoms with van der Waals surface area (Å²) in [5, 5.41) is 33.7. The van der Waals surface area contributed by atoms with Crippen LogP contribution in [0.4, 0.5) is 0 Å². The summed E-state index contributed by atoms with van der Waals surface area (Å²) in [6.45, 7) is 31.1. The summed E-state index contributed by atoms with van der Waals surface area (Å²) in [5.41, 5.74) is 11.0. The largest absolute Gasteiger partial charge is 0.507 e. The number of aromatic nitrogens is 3. The van der Waals surface area contributed by atoms with Gasteiger partial charge >= 0.3 is 0 Å². The molecular formula is C42H57N3O3. The first-order chi connectivity index (χ1) is 21.9. The van der Waals surface area contributed by atoms with E-state index >= 15 is 0 Å². The van der Waals surface area contributed by atoms with Crippen LogP contribution in [0, 0.1) is 41.5 Å². The zero-order valence-electron chi connectivity index (χ0n) is 32.0. The third kappa shape index (κ3) is 7.38. The normalized spacial score (nSPS) is 12.6. The Morgan fingerprint density at radius 2 is 0.625 bits per heavy atom. The average Bonchev–Trinajstić information content (AvgIpc) is 2.95. The Bertz CT molecular complexity index is 1650. The summed E-state index contributed by atoms with van der Waals surface area (Å²) in [6.07, 6.45) is 1.32. The summed E-state index contributed by atoms with van der Waals surface area (Å²) in [4.78, 5) is 15.0. The van der Waals surface area contributed by atoms with Crippen molar-refractivity contribution in [3.8, 4) is 17.2 Å². The topological polar surface area (TPSA) is 99.4 Å². The Morgan fingerprint density at radius 1 is 0.417 bits per heavy atom. The van der Waals surface area contributed by atoms with Gasteiger partial charge in [-0.05, 0) is 125 Å². The van der Waals surface area contributed by atoms with Crippen LogP contribution in [0.3, 0.4) is 0 Å². The maximum atomic E-state index is 11.2. The van der Waals surface area contributed by atoms with E-state index in [4.69, 9.17) is 15.0 Å². The van der Waals surface area contributed by atoms with Gasteiger partial charge in [0.2, 0.25) is 0 Å². The standard InChI is InChI=1S/C42H57N3O3/c1-22-16-31(40(7,8)9)37(46)25(4)28(22)19-34-43-35(20-29-23(2)17-32(41(10,11)12)38(47)26(29)5)45-36(44-34)21-30-24(3)18-33(42(13,14)15)39(48)27(30)6/h16-18,46-48H,19-21H2,1-15H3. The summed E-state index contributed by atoms with van der Waals surface area (Å²) in [7, 11) is 0. The second kappa shape index (κ2) is 12.8. The lowest BCUT2D eigenvalue weighted by molar-refractivity contribution is 0.441. The van der Waals surface area contributed by atoms with Crippen LogP contribution in [0.2, 0.25) is 0 Å². The highest BCUT2D eigenvalue weighted by molar-refractivity contribution is 5.54. The van der Waals surface area contributed by atoms with Gasteiger partial charge < -0.3 is 15.3 Å². The first kappa shape index (κ1) is 36.9. The van der Waals surface area contributed by atoms with Crippen LogP contribution in [-0.2, 0) is 35.5 Å². The van der Waals surface area contributed by atoms with Crippen LogP contribution in [0.1, 0.15) is 147 Å². The van der Waals surface area contributed by atoms with Gasteiger partial charge in [0.15, 0.2) is 0 Å². The number of hydrogen-bond acceptors (Lipinski definition) is 6. The Kier molecular flexibility index (Phi) is 9.87. The lowest BCUT2D eigenvalue weighted by Gasteiger charge is -2.25. The molecule has 4 rings (SSSR count). The van der Waals surface area contributed by atoms with Crippen molar-refractivity contribution >= 4 is 0 Å². The molecule has 258 valence electrons. The number of phenols is 3. The van der Waals surface area contributed by atoms with Gasteiger partial charge in [-0.2, -0.15) is 0 Å². The van der Waals surface area contributed by atoms with Crippen LogP contribution < -0.4 is 0 Å². The number of aromatic hydroxyl groups is 3. The first-order valence-corrected chi connectivity index (χ1v) is 17.1. The van der Waals surface area contributed by atoms with Crippen molar-refractivity contribution in [2.24, 2.45) is 0 Å². The zero-order valence-corrected chi connectivity index (χ0v) is 32.0. The van der Waals surface area contributed by atoms with Gasteiger partial charge in [0.05, 0.1) is 0 Å². The number of nitrogens with zero attached hydrogens (tertiary/aromatic N) is 3. The maximum absolute atomic E-state index is 11.2. The molecule has 48 heavy (non-hydrogen) atoms. The number of hydrogen-bond donors (Lipinski definition) is 3. The fraction of sp³-hybridized carbons (Fsp3) is 0.500. The highest BCUT2D eigenvalue weighted by Gasteiger charge is 2.26. The molecule has 0 spiro atoms. The molecule has 0 aliphatic rings. The van der Waals surface area contributed by atoms with Crippen LogP contribution in [0.5, 0.6) is 17.2 Å². The van der Waals surface area contributed by atoms with Gasteiger partial charge in [-0.15, -0.1) is 0 Å². The van der Waals surface area contributed by atoms with Crippen molar-refractivity contribution < 1.29 is 15.3 Å². The summed E-state index contributed by atoms with van der Waals surface area (Å²) < 4.78 is 0. The van der Waals surface area contributed by atoms with Crippen molar-refractivity contribution in [3.05, 3.63) is 102 Å². The fourth-order valence-electron chi connectivity index (χ4n) is 6.80. The van der Waals surface area contributed by atoms with Gasteiger partial charge in [0.1, 0.15) is 34.7 Å². The van der Waals surface area contributed by atoms with Gasteiger partial charge in [0, 0.05) is 19.3 Å². The molecule has 0 bridgehead atoms. The highest BCUT2D eigenvalue weighted by atomic mass is 16.3. The second-order valence-corrected chi connectivity index (χ2v) is 16.9. The van der Waals surface area contributed by atoms with E-state index in [0.717, 1.165) is 66.8 Å². The number of phenolic OH excluding ortho intramolecular Hbond substituents is 3. The molecule has 0 aliphatic heterocycles. The van der Waals surface area contributed by atoms with Crippen LogP contribution in [0.25, 0.3) is 0 Å². The lowest BCUT2D eigenvalue weighted by atomic mass is 9.82. The summed E-state index contributed by atoms with van der Waals surface area (Å²) >= 11 is 0. The Balaban J connectivity index is 1.88. The molecule has 0 fully saturated rings. The predicted molar refractivity (Wildman–Crippen MR) is 197 cm³/mol. The predicted octanol–water partition coefficient (Wildman–Crippen LogP) is 9.50. The SMILES string of the molecule is Cc1cc(C(C)(C)C)c(O)c(C)c1Cc1nc(Cc2c(C)cc(C(C)(C)C)c(O)c2C)nc(Cc2c(C)cc(C(C)(C)C)c(O)c2C)n1. The van der Waals surface area contributed by atoms with E-state index in [-0.39, 0.29) is 16.2 Å². The molecule has 1 aromatic heterocycles. The highest BCUT2D eigenvalue weighted by Crippen LogP contribution is 2.40. The number of aryl methyl sites for hydroxylation is 3. The minimum absolute atomic E-state index is 0.195. The third-order valence-corrected chi connectivity index (χ3v) is 9.90. The molecule has 0 unspecified atom stereocenters. The molecule has 0 radical (unpaired) electrons. The van der Waals surface area contributed by atoms with E-state index in [1.807, 2.05) is 20.8 Å². The van der Waals surface area contributed by atoms with Crippen molar-refractivity contribution in [1.82, 2.24) is 15.0 Å². The van der Waals surface area contributed by atoms with Gasteiger partial charge in [-0.1, -0.05) is 80.5 Å². The molecule has 6 heteroatoms. The van der Waals surface area contributed by atoms with E-state index in [1.165, 1.54) is 0 Å². The minimum Gasteiger partial charge on any atom is -0.507 e. The summed E-state index contributed by atoms with van der Waals surface area (Å²) in [5.74, 6) is 2.83. The molecule has 0 amide bonds. The van der Waals surface area contributed by atoms with Gasteiger partial charge in [-0.25, -0.2) is 15.0 Å². The number of benzene rings is 3. The molecule has 0 saturated carbocycles. The zero-order chi connectivity index (χ0) is 36.3. The first-order valence-electron chi connectivity index (χ1n) is 17.1. The second-order valence-electron chi connectivity index (χ2n) is 16.9. The van der Waals surface area contributed by atoms with Crippen molar-refractivity contribution in [2.45, 2.75) is 139 Å². The Morgan fingerprint density at radius 3 is 0.812 bits per heavy atom. The average molecular weight is 652 g/mol. The van der Waals surface area contributed by atoms with E-state index in [2.05, 4.69) is 101 Å². The van der Waals surface area contributed by atoms with Gasteiger partial charge in [0.25, 0.3) is 0 Å². The fourth-order valence-corrected chi connectivity index (χ4v) is 6.80.